The molecule has 0 heterocycles. The van der Waals surface area contributed by atoms with Crippen LogP contribution < -0.4 is 11.5 Å². The molecule has 22 heavy (non-hydrogen) atoms. The van der Waals surface area contributed by atoms with Gasteiger partial charge in [-0.3, -0.25) is 4.79 Å². The van der Waals surface area contributed by atoms with Crippen LogP contribution in [0.3, 0.4) is 0 Å². The molecule has 0 unspecified atom stereocenters. The van der Waals surface area contributed by atoms with Crippen LogP contribution in [0.25, 0.3) is 0 Å². The Bertz CT molecular complexity index is 642. The topological polar surface area (TPSA) is 89.3 Å². The van der Waals surface area contributed by atoms with Gasteiger partial charge in [0, 0.05) is 11.4 Å². The minimum Gasteiger partial charge on any atom is -0.481 e. The molecule has 0 bridgehead atoms. The van der Waals surface area contributed by atoms with Gasteiger partial charge in [0.2, 0.25) is 0 Å². The van der Waals surface area contributed by atoms with E-state index in [1.165, 1.54) is 0 Å². The summed E-state index contributed by atoms with van der Waals surface area (Å²) in [6.45, 7) is 4.01. The lowest BCUT2D eigenvalue weighted by Crippen LogP contribution is -2.14. The Hall–Kier alpha value is -2.49. The number of benzene rings is 2. The van der Waals surface area contributed by atoms with E-state index in [9.17, 15) is 9.90 Å². The fourth-order valence-corrected chi connectivity index (χ4v) is 2.70. The Morgan fingerprint density at radius 1 is 0.955 bits per heavy atom. The SMILES string of the molecule is CCc1cc(C(C(=O)O)c2ccc(N)c(CC)c2)ccc1N. The van der Waals surface area contributed by atoms with Gasteiger partial charge in [-0.05, 0) is 47.2 Å². The van der Waals surface area contributed by atoms with E-state index in [1.54, 1.807) is 24.3 Å². The van der Waals surface area contributed by atoms with Crippen molar-refractivity contribution in [1.82, 2.24) is 0 Å². The van der Waals surface area contributed by atoms with Crippen LogP contribution in [-0.4, -0.2) is 11.1 Å². The average molecular weight is 298 g/mol. The van der Waals surface area contributed by atoms with Gasteiger partial charge in [-0.1, -0.05) is 38.1 Å². The molecular weight excluding hydrogens is 276 g/mol. The van der Waals surface area contributed by atoms with Crippen LogP contribution in [0.4, 0.5) is 11.4 Å². The molecular formula is C18H22N2O2. The summed E-state index contributed by atoms with van der Waals surface area (Å²) in [5.41, 5.74) is 16.6. The van der Waals surface area contributed by atoms with Gasteiger partial charge in [0.25, 0.3) is 0 Å². The number of nitrogens with two attached hydrogens (primary N) is 2. The summed E-state index contributed by atoms with van der Waals surface area (Å²) in [7, 11) is 0. The fraction of sp³-hybridized carbons (Fsp3) is 0.278. The molecule has 0 amide bonds. The Balaban J connectivity index is 2.53. The van der Waals surface area contributed by atoms with Gasteiger partial charge in [0.15, 0.2) is 0 Å². The van der Waals surface area contributed by atoms with Crippen LogP contribution in [0.2, 0.25) is 0 Å². The van der Waals surface area contributed by atoms with E-state index in [2.05, 4.69) is 0 Å². The molecule has 0 atom stereocenters. The summed E-state index contributed by atoms with van der Waals surface area (Å²) in [5, 5.41) is 9.68. The highest BCUT2D eigenvalue weighted by atomic mass is 16.4. The summed E-state index contributed by atoms with van der Waals surface area (Å²) in [6, 6.07) is 10.9. The Labute approximate surface area is 130 Å². The quantitative estimate of drug-likeness (QED) is 0.739. The van der Waals surface area contributed by atoms with E-state index in [-0.39, 0.29) is 0 Å². The number of carboxylic acids is 1. The molecule has 0 aliphatic heterocycles. The van der Waals surface area contributed by atoms with Crippen LogP contribution >= 0.6 is 0 Å². The lowest BCUT2D eigenvalue weighted by Gasteiger charge is -2.17. The molecule has 0 aliphatic rings. The van der Waals surface area contributed by atoms with E-state index in [0.717, 1.165) is 35.1 Å². The monoisotopic (exact) mass is 298 g/mol. The van der Waals surface area contributed by atoms with Crippen molar-refractivity contribution in [2.24, 2.45) is 0 Å². The number of rotatable bonds is 5. The van der Waals surface area contributed by atoms with Crippen LogP contribution in [0.1, 0.15) is 42.0 Å². The molecule has 2 aromatic rings. The second-order valence-electron chi connectivity index (χ2n) is 5.39. The lowest BCUT2D eigenvalue weighted by atomic mass is 9.88. The molecule has 0 spiro atoms. The zero-order chi connectivity index (χ0) is 16.3. The molecule has 0 fully saturated rings. The van der Waals surface area contributed by atoms with Crippen LogP contribution in [0.15, 0.2) is 36.4 Å². The number of aryl methyl sites for hydroxylation is 2. The number of carboxylic acid groups (broad SMARTS) is 1. The number of hydrogen-bond acceptors (Lipinski definition) is 3. The zero-order valence-electron chi connectivity index (χ0n) is 13.0. The average Bonchev–Trinajstić information content (AvgIpc) is 2.50. The minimum absolute atomic E-state index is 0.696. The number of anilines is 2. The highest BCUT2D eigenvalue weighted by Crippen LogP contribution is 2.30. The predicted molar refractivity (Wildman–Crippen MR) is 89.9 cm³/mol. The smallest absolute Gasteiger partial charge is 0.315 e. The minimum atomic E-state index is -0.876. The van der Waals surface area contributed by atoms with Crippen molar-refractivity contribution in [2.45, 2.75) is 32.6 Å². The van der Waals surface area contributed by atoms with Gasteiger partial charge in [-0.15, -0.1) is 0 Å². The van der Waals surface area contributed by atoms with Gasteiger partial charge in [0.05, 0.1) is 0 Å². The van der Waals surface area contributed by atoms with Gasteiger partial charge in [-0.2, -0.15) is 0 Å². The van der Waals surface area contributed by atoms with Crippen molar-refractivity contribution < 1.29 is 9.90 Å². The first-order valence-corrected chi connectivity index (χ1v) is 7.47. The first-order valence-electron chi connectivity index (χ1n) is 7.47. The van der Waals surface area contributed by atoms with Gasteiger partial charge < -0.3 is 16.6 Å². The summed E-state index contributed by atoms with van der Waals surface area (Å²) in [5.74, 6) is -1.59. The molecule has 4 heteroatoms. The molecule has 0 aliphatic carbocycles. The first kappa shape index (κ1) is 15.9. The normalized spacial score (nSPS) is 10.9. The molecule has 0 saturated carbocycles. The lowest BCUT2D eigenvalue weighted by molar-refractivity contribution is -0.137. The molecule has 0 saturated heterocycles. The van der Waals surface area contributed by atoms with E-state index in [0.29, 0.717) is 11.4 Å². The van der Waals surface area contributed by atoms with E-state index < -0.39 is 11.9 Å². The van der Waals surface area contributed by atoms with E-state index in [4.69, 9.17) is 11.5 Å². The Morgan fingerprint density at radius 3 is 1.68 bits per heavy atom. The highest BCUT2D eigenvalue weighted by molar-refractivity contribution is 5.81. The number of nitrogen functional groups attached to an aromatic ring is 2. The van der Waals surface area contributed by atoms with Crippen LogP contribution in [0, 0.1) is 0 Å². The molecule has 0 radical (unpaired) electrons. The molecule has 5 N–H and O–H groups in total. The second-order valence-corrected chi connectivity index (χ2v) is 5.39. The van der Waals surface area contributed by atoms with Gasteiger partial charge in [0.1, 0.15) is 5.92 Å². The summed E-state index contributed by atoms with van der Waals surface area (Å²) in [4.78, 5) is 11.8. The van der Waals surface area contributed by atoms with Crippen molar-refractivity contribution in [3.05, 3.63) is 58.7 Å². The summed E-state index contributed by atoms with van der Waals surface area (Å²) >= 11 is 0. The molecule has 2 aromatic carbocycles. The predicted octanol–water partition coefficient (Wildman–Crippen LogP) is 3.19. The largest absolute Gasteiger partial charge is 0.481 e. The number of carbonyl (C=O) groups is 1. The third-order valence-corrected chi connectivity index (χ3v) is 4.01. The van der Waals surface area contributed by atoms with Gasteiger partial charge in [-0.25, -0.2) is 0 Å². The maximum Gasteiger partial charge on any atom is 0.315 e. The van der Waals surface area contributed by atoms with Crippen molar-refractivity contribution in [2.75, 3.05) is 11.5 Å². The highest BCUT2D eigenvalue weighted by Gasteiger charge is 2.23. The first-order chi connectivity index (χ1) is 10.5. The molecule has 2 rings (SSSR count). The van der Waals surface area contributed by atoms with Crippen molar-refractivity contribution in [3.63, 3.8) is 0 Å². The summed E-state index contributed by atoms with van der Waals surface area (Å²) < 4.78 is 0. The van der Waals surface area contributed by atoms with Crippen molar-refractivity contribution in [1.29, 1.82) is 0 Å². The van der Waals surface area contributed by atoms with Crippen LogP contribution in [0.5, 0.6) is 0 Å². The number of aliphatic carboxylic acids is 1. The second kappa shape index (κ2) is 6.52. The van der Waals surface area contributed by atoms with Crippen LogP contribution in [-0.2, 0) is 17.6 Å². The Morgan fingerprint density at radius 2 is 1.36 bits per heavy atom. The van der Waals surface area contributed by atoms with Crippen molar-refractivity contribution in [3.8, 4) is 0 Å². The van der Waals surface area contributed by atoms with E-state index in [1.807, 2.05) is 26.0 Å². The van der Waals surface area contributed by atoms with Gasteiger partial charge >= 0.3 is 5.97 Å². The molecule has 0 aromatic heterocycles. The third-order valence-electron chi connectivity index (χ3n) is 4.01. The standard InChI is InChI=1S/C18H22N2O2/c1-3-11-9-13(5-7-15(11)19)17(18(21)22)14-6-8-16(20)12(4-2)10-14/h5-10,17H,3-4,19-20H2,1-2H3,(H,21,22). The maximum atomic E-state index is 11.8. The number of hydrogen-bond donors (Lipinski definition) is 3. The maximum absolute atomic E-state index is 11.8. The molecule has 116 valence electrons. The summed E-state index contributed by atoms with van der Waals surface area (Å²) in [6.07, 6.45) is 1.54. The third kappa shape index (κ3) is 3.06. The molecule has 4 nitrogen and oxygen atoms in total. The Kier molecular flexibility index (Phi) is 4.71. The van der Waals surface area contributed by atoms with Crippen molar-refractivity contribution >= 4 is 17.3 Å². The van der Waals surface area contributed by atoms with E-state index >= 15 is 0 Å². The zero-order valence-corrected chi connectivity index (χ0v) is 13.0. The fourth-order valence-electron chi connectivity index (χ4n) is 2.70.